The maximum Gasteiger partial charge on any atom is 0.337 e. The zero-order valence-corrected chi connectivity index (χ0v) is 14.9. The molecule has 0 radical (unpaired) electrons. The summed E-state index contributed by atoms with van der Waals surface area (Å²) in [6, 6.07) is 9.47. The number of rotatable bonds is 5. The Morgan fingerprint density at radius 1 is 1.24 bits per heavy atom. The van der Waals surface area contributed by atoms with E-state index in [1.54, 1.807) is 6.07 Å². The van der Waals surface area contributed by atoms with Crippen LogP contribution in [0.2, 0.25) is 0 Å². The van der Waals surface area contributed by atoms with Gasteiger partial charge in [0.05, 0.1) is 19.3 Å². The van der Waals surface area contributed by atoms with E-state index < -0.39 is 0 Å². The Balaban J connectivity index is 1.94. The molecule has 3 aromatic rings. The largest absolute Gasteiger partial charge is 0.477 e. The van der Waals surface area contributed by atoms with Crippen LogP contribution in [-0.2, 0) is 11.8 Å². The van der Waals surface area contributed by atoms with Crippen LogP contribution in [0.25, 0.3) is 22.0 Å². The lowest BCUT2D eigenvalue weighted by Gasteiger charge is -2.08. The summed E-state index contributed by atoms with van der Waals surface area (Å²) < 4.78 is 12.4. The molecule has 0 atom stereocenters. The predicted molar refractivity (Wildman–Crippen MR) is 97.8 cm³/mol. The fraction of sp³-hybridized carbons (Fsp3) is 0.300. The molecule has 0 aliphatic carbocycles. The van der Waals surface area contributed by atoms with Gasteiger partial charge in [0.15, 0.2) is 0 Å². The third-order valence-electron chi connectivity index (χ3n) is 4.02. The highest BCUT2D eigenvalue weighted by Gasteiger charge is 2.13. The maximum absolute atomic E-state index is 11.7. The number of hydrogen-bond donors (Lipinski definition) is 0. The van der Waals surface area contributed by atoms with Gasteiger partial charge in [-0.2, -0.15) is 0 Å². The van der Waals surface area contributed by atoms with Gasteiger partial charge in [0.2, 0.25) is 5.88 Å². The lowest BCUT2D eigenvalue weighted by Crippen LogP contribution is -2.05. The van der Waals surface area contributed by atoms with Gasteiger partial charge >= 0.3 is 5.97 Å². The molecule has 0 saturated carbocycles. The number of aryl methyl sites for hydroxylation is 1. The Morgan fingerprint density at radius 3 is 2.68 bits per heavy atom. The topological polar surface area (TPSA) is 53.4 Å². The normalized spacial score (nSPS) is 11.1. The van der Waals surface area contributed by atoms with Crippen LogP contribution in [0.1, 0.15) is 24.2 Å². The molecule has 0 saturated heterocycles. The van der Waals surface area contributed by atoms with E-state index in [1.807, 2.05) is 48.3 Å². The van der Waals surface area contributed by atoms with Crippen molar-refractivity contribution < 1.29 is 14.3 Å². The standard InChI is InChI=1S/C20H22N2O3/c1-13(2)12-25-19-8-6-15(10-21-19)17-11-22(3)18-9-14(20(23)24-4)5-7-16(17)18/h5-11,13H,12H2,1-4H3. The quantitative estimate of drug-likeness (QED) is 0.658. The SMILES string of the molecule is COC(=O)c1ccc2c(-c3ccc(OCC(C)C)nc3)cn(C)c2c1. The average molecular weight is 338 g/mol. The number of hydrogen-bond acceptors (Lipinski definition) is 4. The van der Waals surface area contributed by atoms with E-state index in [9.17, 15) is 4.79 Å². The minimum absolute atomic E-state index is 0.335. The summed E-state index contributed by atoms with van der Waals surface area (Å²) in [4.78, 5) is 16.1. The number of ether oxygens (including phenoxy) is 2. The Labute approximate surface area is 147 Å². The molecule has 1 aromatic carbocycles. The van der Waals surface area contributed by atoms with E-state index in [0.717, 1.165) is 22.0 Å². The van der Waals surface area contributed by atoms with E-state index in [1.165, 1.54) is 7.11 Å². The smallest absolute Gasteiger partial charge is 0.337 e. The van der Waals surface area contributed by atoms with Crippen LogP contribution in [0.5, 0.6) is 5.88 Å². The second-order valence-electron chi connectivity index (χ2n) is 6.47. The summed E-state index contributed by atoms with van der Waals surface area (Å²) in [6.45, 7) is 4.86. The maximum atomic E-state index is 11.7. The molecule has 0 amide bonds. The van der Waals surface area contributed by atoms with Crippen molar-refractivity contribution in [3.63, 3.8) is 0 Å². The Kier molecular flexibility index (Phi) is 4.74. The molecule has 2 aromatic heterocycles. The molecule has 5 heteroatoms. The molecule has 0 spiro atoms. The lowest BCUT2D eigenvalue weighted by atomic mass is 10.1. The molecule has 3 rings (SSSR count). The number of nitrogens with zero attached hydrogens (tertiary/aromatic N) is 2. The molecule has 5 nitrogen and oxygen atoms in total. The van der Waals surface area contributed by atoms with Crippen molar-refractivity contribution in [2.24, 2.45) is 13.0 Å². The number of esters is 1. The lowest BCUT2D eigenvalue weighted by molar-refractivity contribution is 0.0601. The minimum Gasteiger partial charge on any atom is -0.477 e. The van der Waals surface area contributed by atoms with E-state index >= 15 is 0 Å². The summed E-state index contributed by atoms with van der Waals surface area (Å²) in [7, 11) is 3.35. The van der Waals surface area contributed by atoms with Crippen molar-refractivity contribution in [3.05, 3.63) is 48.3 Å². The number of carbonyl (C=O) groups is 1. The van der Waals surface area contributed by atoms with Crippen LogP contribution in [-0.4, -0.2) is 29.2 Å². The molecule has 2 heterocycles. The Morgan fingerprint density at radius 2 is 2.04 bits per heavy atom. The summed E-state index contributed by atoms with van der Waals surface area (Å²) >= 11 is 0. The minimum atomic E-state index is -0.335. The number of methoxy groups -OCH3 is 1. The predicted octanol–water partition coefficient (Wildman–Crippen LogP) is 4.06. The van der Waals surface area contributed by atoms with E-state index in [2.05, 4.69) is 18.8 Å². The first kappa shape index (κ1) is 17.0. The van der Waals surface area contributed by atoms with Crippen molar-refractivity contribution in [3.8, 4) is 17.0 Å². The molecule has 0 fully saturated rings. The van der Waals surface area contributed by atoms with Gasteiger partial charge in [0, 0.05) is 47.5 Å². The van der Waals surface area contributed by atoms with Crippen LogP contribution < -0.4 is 4.74 Å². The van der Waals surface area contributed by atoms with Crippen molar-refractivity contribution in [1.29, 1.82) is 0 Å². The van der Waals surface area contributed by atoms with Gasteiger partial charge in [-0.3, -0.25) is 0 Å². The average Bonchev–Trinajstić information content (AvgIpc) is 2.96. The fourth-order valence-corrected chi connectivity index (χ4v) is 2.74. The number of aromatic nitrogens is 2. The molecule has 0 bridgehead atoms. The fourth-order valence-electron chi connectivity index (χ4n) is 2.74. The summed E-state index contributed by atoms with van der Waals surface area (Å²) in [5.74, 6) is 0.757. The van der Waals surface area contributed by atoms with Crippen LogP contribution in [0.15, 0.2) is 42.7 Å². The van der Waals surface area contributed by atoms with Crippen molar-refractivity contribution in [2.45, 2.75) is 13.8 Å². The molecular formula is C20H22N2O3. The van der Waals surface area contributed by atoms with Gasteiger partial charge in [-0.1, -0.05) is 19.9 Å². The molecule has 0 aliphatic heterocycles. The number of benzene rings is 1. The van der Waals surface area contributed by atoms with Gasteiger partial charge in [-0.05, 0) is 24.1 Å². The molecule has 0 N–H and O–H groups in total. The van der Waals surface area contributed by atoms with Gasteiger partial charge < -0.3 is 14.0 Å². The van der Waals surface area contributed by atoms with Crippen molar-refractivity contribution in [1.82, 2.24) is 9.55 Å². The van der Waals surface area contributed by atoms with Gasteiger partial charge in [0.25, 0.3) is 0 Å². The van der Waals surface area contributed by atoms with E-state index in [-0.39, 0.29) is 5.97 Å². The summed E-state index contributed by atoms with van der Waals surface area (Å²) in [6.07, 6.45) is 3.86. The highest BCUT2D eigenvalue weighted by Crippen LogP contribution is 2.31. The van der Waals surface area contributed by atoms with Crippen LogP contribution in [0.3, 0.4) is 0 Å². The molecule has 0 aliphatic rings. The number of carbonyl (C=O) groups excluding carboxylic acids is 1. The number of pyridine rings is 1. The Hall–Kier alpha value is -2.82. The second kappa shape index (κ2) is 6.97. The van der Waals surface area contributed by atoms with Crippen LogP contribution in [0, 0.1) is 5.92 Å². The molecule has 130 valence electrons. The van der Waals surface area contributed by atoms with E-state index in [0.29, 0.717) is 24.0 Å². The highest BCUT2D eigenvalue weighted by atomic mass is 16.5. The first-order valence-corrected chi connectivity index (χ1v) is 8.26. The third-order valence-corrected chi connectivity index (χ3v) is 4.02. The van der Waals surface area contributed by atoms with Gasteiger partial charge in [-0.25, -0.2) is 9.78 Å². The highest BCUT2D eigenvalue weighted by molar-refractivity contribution is 6.00. The summed E-state index contributed by atoms with van der Waals surface area (Å²) in [5.41, 5.74) is 3.58. The zero-order valence-electron chi connectivity index (χ0n) is 14.9. The Bertz CT molecular complexity index is 895. The third kappa shape index (κ3) is 3.50. The molecular weight excluding hydrogens is 316 g/mol. The van der Waals surface area contributed by atoms with Crippen molar-refractivity contribution in [2.75, 3.05) is 13.7 Å². The van der Waals surface area contributed by atoms with Crippen molar-refractivity contribution >= 4 is 16.9 Å². The zero-order chi connectivity index (χ0) is 18.0. The molecule has 25 heavy (non-hydrogen) atoms. The van der Waals surface area contributed by atoms with E-state index in [4.69, 9.17) is 9.47 Å². The van der Waals surface area contributed by atoms with Crippen LogP contribution in [0.4, 0.5) is 0 Å². The first-order chi connectivity index (χ1) is 12.0. The molecule has 0 unspecified atom stereocenters. The van der Waals surface area contributed by atoms with Crippen LogP contribution >= 0.6 is 0 Å². The first-order valence-electron chi connectivity index (χ1n) is 8.26. The second-order valence-corrected chi connectivity index (χ2v) is 6.47. The summed E-state index contributed by atoms with van der Waals surface area (Å²) in [5, 5.41) is 1.06. The number of fused-ring (bicyclic) bond motifs is 1. The van der Waals surface area contributed by atoms with Gasteiger partial charge in [-0.15, -0.1) is 0 Å². The van der Waals surface area contributed by atoms with Gasteiger partial charge in [0.1, 0.15) is 0 Å². The monoisotopic (exact) mass is 338 g/mol.